The third-order valence-electron chi connectivity index (χ3n) is 2.20. The second-order valence-electron chi connectivity index (χ2n) is 3.59. The molecule has 0 amide bonds. The van der Waals surface area contributed by atoms with Crippen LogP contribution in [0.4, 0.5) is 0 Å². The van der Waals surface area contributed by atoms with Gasteiger partial charge in [-0.15, -0.1) is 0 Å². The maximum absolute atomic E-state index is 4.99. The quantitative estimate of drug-likeness (QED) is 0.460. The van der Waals surface area contributed by atoms with E-state index in [1.165, 1.54) is 0 Å². The summed E-state index contributed by atoms with van der Waals surface area (Å²) >= 11 is 0. The van der Waals surface area contributed by atoms with E-state index in [0.29, 0.717) is 0 Å². The van der Waals surface area contributed by atoms with Gasteiger partial charge in [0.1, 0.15) is 0 Å². The summed E-state index contributed by atoms with van der Waals surface area (Å²) in [7, 11) is 0.0274. The molecule has 0 fully saturated rings. The van der Waals surface area contributed by atoms with Gasteiger partial charge in [0, 0.05) is 11.1 Å². The SMILES string of the molecule is B(OC#Cc1ccccc1)OC#Cc1ccccc1. The van der Waals surface area contributed by atoms with Crippen molar-refractivity contribution in [1.29, 1.82) is 0 Å². The Morgan fingerprint density at radius 2 is 1.05 bits per heavy atom. The molecule has 0 aliphatic rings. The first-order valence-corrected chi connectivity index (χ1v) is 5.81. The van der Waals surface area contributed by atoms with Crippen LogP contribution in [-0.4, -0.2) is 7.69 Å². The van der Waals surface area contributed by atoms with E-state index in [2.05, 4.69) is 24.1 Å². The van der Waals surface area contributed by atoms with Gasteiger partial charge in [-0.1, -0.05) is 36.4 Å². The molecular weight excluding hydrogens is 235 g/mol. The Bertz CT molecular complexity index is 558. The Balaban J connectivity index is 1.71. The molecule has 0 unspecified atom stereocenters. The second-order valence-corrected chi connectivity index (χ2v) is 3.59. The third-order valence-corrected chi connectivity index (χ3v) is 2.20. The molecule has 0 atom stereocenters. The fourth-order valence-electron chi connectivity index (χ4n) is 1.32. The molecule has 19 heavy (non-hydrogen) atoms. The molecule has 2 aromatic rings. The van der Waals surface area contributed by atoms with Crippen LogP contribution in [0.15, 0.2) is 60.7 Å². The predicted octanol–water partition coefficient (Wildman–Crippen LogP) is 2.30. The van der Waals surface area contributed by atoms with Crippen LogP contribution in [0.2, 0.25) is 0 Å². The molecule has 0 saturated carbocycles. The van der Waals surface area contributed by atoms with Crippen molar-refractivity contribution in [1.82, 2.24) is 0 Å². The Labute approximate surface area is 113 Å². The van der Waals surface area contributed by atoms with E-state index in [0.717, 1.165) is 11.1 Å². The molecule has 0 aliphatic heterocycles. The lowest BCUT2D eigenvalue weighted by Gasteiger charge is -1.91. The molecule has 90 valence electrons. The minimum absolute atomic E-state index is 0.0274. The molecule has 0 bridgehead atoms. The lowest BCUT2D eigenvalue weighted by atomic mass is 10.2. The van der Waals surface area contributed by atoms with Crippen molar-refractivity contribution in [2.24, 2.45) is 0 Å². The van der Waals surface area contributed by atoms with Crippen LogP contribution in [0.5, 0.6) is 0 Å². The summed E-state index contributed by atoms with van der Waals surface area (Å²) in [5, 5.41) is 0. The zero-order valence-electron chi connectivity index (χ0n) is 10.3. The van der Waals surface area contributed by atoms with Crippen molar-refractivity contribution in [2.45, 2.75) is 0 Å². The fourth-order valence-corrected chi connectivity index (χ4v) is 1.32. The van der Waals surface area contributed by atoms with Gasteiger partial charge in [0.25, 0.3) is 0 Å². The lowest BCUT2D eigenvalue weighted by molar-refractivity contribution is 0.414. The highest BCUT2D eigenvalue weighted by Crippen LogP contribution is 1.95. The first-order valence-electron chi connectivity index (χ1n) is 5.81. The van der Waals surface area contributed by atoms with Gasteiger partial charge in [-0.25, -0.2) is 0 Å². The third kappa shape index (κ3) is 4.94. The van der Waals surface area contributed by atoms with E-state index in [4.69, 9.17) is 9.31 Å². The largest absolute Gasteiger partial charge is 0.594 e. The Morgan fingerprint density at radius 3 is 1.47 bits per heavy atom. The molecule has 0 N–H and O–H groups in total. The van der Waals surface area contributed by atoms with Gasteiger partial charge in [-0.3, -0.25) is 0 Å². The normalized spacial score (nSPS) is 8.21. The lowest BCUT2D eigenvalue weighted by Crippen LogP contribution is -1.95. The van der Waals surface area contributed by atoms with E-state index in [-0.39, 0.29) is 7.69 Å². The summed E-state index contributed by atoms with van der Waals surface area (Å²) in [5.74, 6) is 5.71. The highest BCUT2D eigenvalue weighted by atomic mass is 16.6. The number of benzene rings is 2. The van der Waals surface area contributed by atoms with Crippen LogP contribution in [0.1, 0.15) is 11.1 Å². The maximum Gasteiger partial charge on any atom is 0.594 e. The summed E-state index contributed by atoms with van der Waals surface area (Å²) in [6.45, 7) is 0. The van der Waals surface area contributed by atoms with Gasteiger partial charge in [-0.2, -0.15) is 0 Å². The van der Waals surface area contributed by atoms with Crippen molar-refractivity contribution < 1.29 is 9.31 Å². The summed E-state index contributed by atoms with van der Waals surface area (Å²) in [4.78, 5) is 0. The molecule has 2 nitrogen and oxygen atoms in total. The Hall–Kier alpha value is -2.78. The first-order chi connectivity index (χ1) is 9.45. The van der Waals surface area contributed by atoms with Crippen LogP contribution in [0.25, 0.3) is 0 Å². The van der Waals surface area contributed by atoms with Crippen LogP contribution < -0.4 is 0 Å². The van der Waals surface area contributed by atoms with Gasteiger partial charge in [0.05, 0.1) is 12.2 Å². The molecule has 2 aromatic carbocycles. The van der Waals surface area contributed by atoms with Crippen LogP contribution in [0, 0.1) is 24.1 Å². The summed E-state index contributed by atoms with van der Waals surface area (Å²) < 4.78 is 9.98. The molecule has 0 aliphatic carbocycles. The Kier molecular flexibility index (Phi) is 5.02. The predicted molar refractivity (Wildman–Crippen MR) is 76.0 cm³/mol. The number of rotatable bonds is 2. The molecule has 0 aromatic heterocycles. The van der Waals surface area contributed by atoms with Gasteiger partial charge in [0.15, 0.2) is 0 Å². The summed E-state index contributed by atoms with van der Waals surface area (Å²) in [6.07, 6.45) is 5.12. The van der Waals surface area contributed by atoms with Crippen molar-refractivity contribution in [3.05, 3.63) is 71.8 Å². The van der Waals surface area contributed by atoms with Crippen LogP contribution in [-0.2, 0) is 9.31 Å². The van der Waals surface area contributed by atoms with E-state index in [1.807, 2.05) is 60.7 Å². The molecule has 3 heteroatoms. The van der Waals surface area contributed by atoms with Crippen LogP contribution in [0.3, 0.4) is 0 Å². The molecule has 0 spiro atoms. The zero-order chi connectivity index (χ0) is 13.2. The van der Waals surface area contributed by atoms with Gasteiger partial charge < -0.3 is 9.31 Å². The highest BCUT2D eigenvalue weighted by Gasteiger charge is 1.87. The average molecular weight is 246 g/mol. The molecular formula is C16H11BO2. The van der Waals surface area contributed by atoms with Crippen LogP contribution >= 0.6 is 0 Å². The standard InChI is InChI=1S/C16H11BO2/c1-3-7-15(8-4-1)11-13-18-17-19-14-12-16-9-5-2-6-10-16/h1-10,17H. The number of hydrogen-bond donors (Lipinski definition) is 0. The van der Waals surface area contributed by atoms with E-state index in [9.17, 15) is 0 Å². The van der Waals surface area contributed by atoms with Gasteiger partial charge >= 0.3 is 7.69 Å². The van der Waals surface area contributed by atoms with Crippen molar-refractivity contribution in [3.63, 3.8) is 0 Å². The van der Waals surface area contributed by atoms with Crippen molar-refractivity contribution in [3.8, 4) is 24.1 Å². The zero-order valence-corrected chi connectivity index (χ0v) is 10.3. The topological polar surface area (TPSA) is 18.5 Å². The average Bonchev–Trinajstić information content (AvgIpc) is 2.48. The molecule has 0 heterocycles. The monoisotopic (exact) mass is 246 g/mol. The van der Waals surface area contributed by atoms with E-state index >= 15 is 0 Å². The second kappa shape index (κ2) is 7.53. The van der Waals surface area contributed by atoms with E-state index < -0.39 is 0 Å². The maximum atomic E-state index is 4.99. The summed E-state index contributed by atoms with van der Waals surface area (Å²) in [6, 6.07) is 19.2. The van der Waals surface area contributed by atoms with Gasteiger partial charge in [0.2, 0.25) is 0 Å². The Morgan fingerprint density at radius 1 is 0.632 bits per heavy atom. The minimum atomic E-state index is 0.0274. The van der Waals surface area contributed by atoms with Gasteiger partial charge in [-0.05, 0) is 36.1 Å². The van der Waals surface area contributed by atoms with Crippen molar-refractivity contribution in [2.75, 3.05) is 0 Å². The first kappa shape index (κ1) is 12.7. The molecule has 0 radical (unpaired) electrons. The fraction of sp³-hybridized carbons (Fsp3) is 0. The number of hydrogen-bond acceptors (Lipinski definition) is 2. The summed E-state index contributed by atoms with van der Waals surface area (Å²) in [5.41, 5.74) is 1.80. The van der Waals surface area contributed by atoms with E-state index in [1.54, 1.807) is 0 Å². The molecule has 2 rings (SSSR count). The molecule has 0 saturated heterocycles. The smallest absolute Gasteiger partial charge is 0.478 e. The minimum Gasteiger partial charge on any atom is -0.478 e. The highest BCUT2D eigenvalue weighted by molar-refractivity contribution is 6.19. The van der Waals surface area contributed by atoms with Crippen molar-refractivity contribution >= 4 is 7.69 Å².